The molecule has 2 aromatic carbocycles. The molecule has 2 aromatic rings. The van der Waals surface area contributed by atoms with Crippen molar-refractivity contribution in [1.29, 1.82) is 0 Å². The Balaban J connectivity index is 1.59. The molecule has 0 aliphatic carbocycles. The number of non-ortho nitro benzene ring substituents is 1. The number of carbonyl (C=O) groups is 1. The van der Waals surface area contributed by atoms with Gasteiger partial charge in [0.05, 0.1) is 27.0 Å². The predicted molar refractivity (Wildman–Crippen MR) is 172 cm³/mol. The second-order valence-electron chi connectivity index (χ2n) is 11.8. The van der Waals surface area contributed by atoms with Crippen molar-refractivity contribution in [3.8, 4) is 0 Å². The maximum absolute atomic E-state index is 13.8. The number of fused-ring (bicyclic) bond motifs is 1. The number of nitro groups is 1. The van der Waals surface area contributed by atoms with Gasteiger partial charge < -0.3 is 9.16 Å². The quantitative estimate of drug-likeness (QED) is 0.0836. The summed E-state index contributed by atoms with van der Waals surface area (Å²) in [5.41, 5.74) is 2.26. The van der Waals surface area contributed by atoms with Crippen molar-refractivity contribution < 1.29 is 18.9 Å². The molecule has 0 saturated carbocycles. The minimum absolute atomic E-state index is 0.000551. The number of nitro benzene ring substituents is 1. The van der Waals surface area contributed by atoms with E-state index in [1.807, 2.05) is 12.1 Å². The number of thioether (sulfide) groups is 1. The summed E-state index contributed by atoms with van der Waals surface area (Å²) in [7, 11) is -2.11. The second-order valence-corrected chi connectivity index (χ2v) is 18.9. The highest BCUT2D eigenvalue weighted by Crippen LogP contribution is 2.53. The van der Waals surface area contributed by atoms with Crippen LogP contribution in [0.4, 0.5) is 5.69 Å². The molecule has 7 nitrogen and oxygen atoms in total. The third kappa shape index (κ3) is 6.68. The van der Waals surface area contributed by atoms with Gasteiger partial charge in [-0.25, -0.2) is 0 Å². The minimum atomic E-state index is -2.11. The highest BCUT2D eigenvalue weighted by molar-refractivity contribution is 8.04. The van der Waals surface area contributed by atoms with Crippen molar-refractivity contribution in [3.63, 3.8) is 0 Å². The van der Waals surface area contributed by atoms with Gasteiger partial charge in [-0.05, 0) is 72.2 Å². The normalized spacial score (nSPS) is 19.6. The summed E-state index contributed by atoms with van der Waals surface area (Å²) in [5, 5.41) is 12.0. The van der Waals surface area contributed by atoms with Crippen LogP contribution in [0.15, 0.2) is 53.1 Å². The highest BCUT2D eigenvalue weighted by Gasteiger charge is 2.59. The van der Waals surface area contributed by atoms with Crippen LogP contribution in [0, 0.1) is 16.0 Å². The molecular weight excluding hydrogens is 619 g/mol. The monoisotopic (exact) mass is 652 g/mol. The van der Waals surface area contributed by atoms with Crippen LogP contribution in [0.1, 0.15) is 45.2 Å². The zero-order valence-electron chi connectivity index (χ0n) is 23.9. The Labute approximate surface area is 261 Å². The van der Waals surface area contributed by atoms with Crippen LogP contribution >= 0.6 is 47.2 Å². The molecule has 2 aliphatic heterocycles. The van der Waals surface area contributed by atoms with Crippen molar-refractivity contribution in [2.24, 2.45) is 5.92 Å². The van der Waals surface area contributed by atoms with E-state index in [-0.39, 0.29) is 45.7 Å². The second kappa shape index (κ2) is 12.3. The van der Waals surface area contributed by atoms with Crippen LogP contribution in [0.2, 0.25) is 28.2 Å². The smallest absolute Gasteiger partial charge is 0.269 e. The third-order valence-electron chi connectivity index (χ3n) is 7.97. The van der Waals surface area contributed by atoms with E-state index in [2.05, 4.69) is 40.8 Å². The fourth-order valence-electron chi connectivity index (χ4n) is 4.60. The molecule has 0 aromatic heterocycles. The Morgan fingerprint density at radius 3 is 2.34 bits per heavy atom. The molecule has 41 heavy (non-hydrogen) atoms. The zero-order valence-corrected chi connectivity index (χ0v) is 28.0. The SMILES string of the molecule is CC[C@H](O[Si](C)(C)C(C)(C)C)[C@@H]1C(=O)N2C(C(=S)OCc3ccc([N+](=O)[O-])cc3)=C(Cc3ccc(Cl)c(Cl)c3)S[C@H]12. The van der Waals surface area contributed by atoms with Crippen LogP contribution < -0.4 is 0 Å². The minimum Gasteiger partial charge on any atom is -0.477 e. The number of ether oxygens (including phenoxy) is 1. The molecule has 0 spiro atoms. The third-order valence-corrected chi connectivity index (χ3v) is 14.9. The molecular formula is C29H34Cl2N2O5S2Si. The first-order chi connectivity index (χ1) is 19.1. The largest absolute Gasteiger partial charge is 0.477 e. The molecule has 0 unspecified atom stereocenters. The summed E-state index contributed by atoms with van der Waals surface area (Å²) in [5.74, 6) is -0.314. The summed E-state index contributed by atoms with van der Waals surface area (Å²) < 4.78 is 12.8. The fourth-order valence-corrected chi connectivity index (χ4v) is 8.28. The predicted octanol–water partition coefficient (Wildman–Crippen LogP) is 8.53. The van der Waals surface area contributed by atoms with Gasteiger partial charge in [0.25, 0.3) is 5.69 Å². The van der Waals surface area contributed by atoms with E-state index >= 15 is 0 Å². The molecule has 4 rings (SSSR count). The zero-order chi connectivity index (χ0) is 30.3. The van der Waals surface area contributed by atoms with E-state index in [4.69, 9.17) is 44.6 Å². The lowest BCUT2D eigenvalue weighted by Gasteiger charge is -2.49. The number of amides is 1. The number of carbonyl (C=O) groups excluding carboxylic acids is 1. The molecule has 0 bridgehead atoms. The first kappa shape index (κ1) is 32.0. The van der Waals surface area contributed by atoms with Crippen molar-refractivity contribution in [1.82, 2.24) is 4.90 Å². The Morgan fingerprint density at radius 1 is 1.15 bits per heavy atom. The summed E-state index contributed by atoms with van der Waals surface area (Å²) in [6.07, 6.45) is 1.04. The van der Waals surface area contributed by atoms with E-state index < -0.39 is 13.2 Å². The average molecular weight is 654 g/mol. The first-order valence-electron chi connectivity index (χ1n) is 13.4. The van der Waals surface area contributed by atoms with Crippen molar-refractivity contribution in [2.45, 2.75) is 76.8 Å². The molecule has 12 heteroatoms. The molecule has 1 saturated heterocycles. The topological polar surface area (TPSA) is 81.9 Å². The van der Waals surface area contributed by atoms with Gasteiger partial charge in [-0.2, -0.15) is 0 Å². The van der Waals surface area contributed by atoms with Crippen LogP contribution in [-0.4, -0.2) is 40.6 Å². The molecule has 1 fully saturated rings. The van der Waals surface area contributed by atoms with Crippen molar-refractivity contribution in [2.75, 3.05) is 0 Å². The highest BCUT2D eigenvalue weighted by atomic mass is 35.5. The van der Waals surface area contributed by atoms with Gasteiger partial charge in [0.1, 0.15) is 17.7 Å². The number of hydrogen-bond donors (Lipinski definition) is 0. The summed E-state index contributed by atoms with van der Waals surface area (Å²) in [4.78, 5) is 27.0. The van der Waals surface area contributed by atoms with Gasteiger partial charge in [-0.15, -0.1) is 11.8 Å². The van der Waals surface area contributed by atoms with Gasteiger partial charge in [0.15, 0.2) is 8.32 Å². The maximum atomic E-state index is 13.8. The fraction of sp³-hybridized carbons (Fsp3) is 0.448. The van der Waals surface area contributed by atoms with E-state index in [1.165, 1.54) is 12.1 Å². The number of allylic oxidation sites excluding steroid dienone is 1. The molecule has 0 radical (unpaired) electrons. The number of β-lactam (4-membered cyclic amide) rings is 1. The standard InChI is InChI=1S/C29H34Cl2N2O5S2Si/c1-7-22(38-41(5,6)29(2,3)4)24-26(34)32-25(28(39)37-16-17-8-11-19(12-9-17)33(35)36)23(40-27(24)32)15-18-10-13-20(30)21(31)14-18/h8-14,22,24,27H,7,15-16H2,1-6H3/t22-,24+,27+/m0/s1. The van der Waals surface area contributed by atoms with E-state index in [1.54, 1.807) is 34.9 Å². The van der Waals surface area contributed by atoms with Crippen LogP contribution in [0.3, 0.4) is 0 Å². The van der Waals surface area contributed by atoms with Gasteiger partial charge in [-0.3, -0.25) is 19.8 Å². The lowest BCUT2D eigenvalue weighted by Crippen LogP contribution is -2.63. The Hall–Kier alpha value is -1.95. The van der Waals surface area contributed by atoms with Gasteiger partial charge >= 0.3 is 0 Å². The number of hydrogen-bond acceptors (Lipinski definition) is 7. The number of nitrogens with zero attached hydrogens (tertiary/aromatic N) is 2. The van der Waals surface area contributed by atoms with Crippen LogP contribution in [-0.2, 0) is 27.0 Å². The van der Waals surface area contributed by atoms with E-state index in [0.29, 0.717) is 22.2 Å². The molecule has 1 amide bonds. The molecule has 0 N–H and O–H groups in total. The van der Waals surface area contributed by atoms with Gasteiger partial charge in [-0.1, -0.05) is 57.0 Å². The molecule has 2 aliphatic rings. The van der Waals surface area contributed by atoms with Gasteiger partial charge in [0, 0.05) is 23.5 Å². The Morgan fingerprint density at radius 2 is 1.78 bits per heavy atom. The number of halogens is 2. The summed E-state index contributed by atoms with van der Waals surface area (Å²) in [6.45, 7) is 13.2. The van der Waals surface area contributed by atoms with E-state index in [9.17, 15) is 14.9 Å². The van der Waals surface area contributed by atoms with Crippen molar-refractivity contribution in [3.05, 3.63) is 84.4 Å². The van der Waals surface area contributed by atoms with Crippen LogP contribution in [0.5, 0.6) is 0 Å². The summed E-state index contributed by atoms with van der Waals surface area (Å²) >= 11 is 19.8. The van der Waals surface area contributed by atoms with Gasteiger partial charge in [0.2, 0.25) is 11.0 Å². The number of rotatable bonds is 10. The number of benzene rings is 2. The Kier molecular flexibility index (Phi) is 9.62. The molecule has 2 heterocycles. The lowest BCUT2D eigenvalue weighted by molar-refractivity contribution is -0.384. The Bertz CT molecular complexity index is 1390. The number of thiocarbonyl (C=S) groups is 1. The molecule has 3 atom stereocenters. The lowest BCUT2D eigenvalue weighted by atomic mass is 9.90. The first-order valence-corrected chi connectivity index (χ1v) is 18.3. The molecule has 220 valence electrons. The van der Waals surface area contributed by atoms with E-state index in [0.717, 1.165) is 22.5 Å². The average Bonchev–Trinajstić information content (AvgIpc) is 3.22. The van der Waals surface area contributed by atoms with Crippen molar-refractivity contribution >= 4 is 72.1 Å². The maximum Gasteiger partial charge on any atom is 0.269 e. The summed E-state index contributed by atoms with van der Waals surface area (Å²) in [6, 6.07) is 11.6. The van der Waals surface area contributed by atoms with Crippen LogP contribution in [0.25, 0.3) is 0 Å².